The van der Waals surface area contributed by atoms with E-state index < -0.39 is 0 Å². The van der Waals surface area contributed by atoms with E-state index in [2.05, 4.69) is 36.4 Å². The Kier molecular flexibility index (Phi) is 2.03. The van der Waals surface area contributed by atoms with E-state index in [0.29, 0.717) is 5.76 Å². The summed E-state index contributed by atoms with van der Waals surface area (Å²) in [5.74, 6) is 0.310. The highest BCUT2D eigenvalue weighted by Gasteiger charge is 2.06. The number of hydrogen-bond acceptors (Lipinski definition) is 1. The maximum atomic E-state index is 9.57. The van der Waals surface area contributed by atoms with Crippen molar-refractivity contribution in [1.82, 2.24) is 0 Å². The average Bonchev–Trinajstić information content (AvgIpc) is 2.50. The Bertz CT molecular complexity index is 643. The number of allylic oxidation sites excluding steroid dienone is 5. The highest BCUT2D eigenvalue weighted by Crippen LogP contribution is 2.10. The van der Waals surface area contributed by atoms with Crippen LogP contribution in [0.5, 0.6) is 0 Å². The minimum absolute atomic E-state index is 0.310. The summed E-state index contributed by atoms with van der Waals surface area (Å²) in [7, 11) is 0. The van der Waals surface area contributed by atoms with Crippen LogP contribution in [0.4, 0.5) is 0 Å². The van der Waals surface area contributed by atoms with Gasteiger partial charge in [0.1, 0.15) is 5.76 Å². The van der Waals surface area contributed by atoms with Gasteiger partial charge >= 0.3 is 0 Å². The molecule has 0 heterocycles. The minimum Gasteiger partial charge on any atom is -0.508 e. The lowest BCUT2D eigenvalue weighted by molar-refractivity contribution is 0.442. The second kappa shape index (κ2) is 3.53. The van der Waals surface area contributed by atoms with Gasteiger partial charge in [-0.05, 0) is 40.1 Å². The van der Waals surface area contributed by atoms with E-state index in [-0.39, 0.29) is 0 Å². The van der Waals surface area contributed by atoms with Crippen molar-refractivity contribution in [3.8, 4) is 0 Å². The molecule has 1 aromatic rings. The standard InChI is InChI=1S/C15H12O/c16-13-5-3-7-15-12(10-13)9-8-11-4-1-2-6-14(11)15/h1-5,7-10,16H,6H2. The monoisotopic (exact) mass is 208 g/mol. The van der Waals surface area contributed by atoms with Gasteiger partial charge in [-0.15, -0.1) is 0 Å². The van der Waals surface area contributed by atoms with E-state index in [1.165, 1.54) is 16.3 Å². The van der Waals surface area contributed by atoms with Gasteiger partial charge < -0.3 is 5.11 Å². The Morgan fingerprint density at radius 2 is 1.88 bits per heavy atom. The molecular formula is C15H12O. The first-order valence-electron chi connectivity index (χ1n) is 5.42. The zero-order valence-electron chi connectivity index (χ0n) is 8.85. The molecule has 78 valence electrons. The lowest BCUT2D eigenvalue weighted by Gasteiger charge is -2.08. The average molecular weight is 208 g/mol. The van der Waals surface area contributed by atoms with E-state index >= 15 is 0 Å². The molecule has 0 spiro atoms. The summed E-state index contributed by atoms with van der Waals surface area (Å²) in [5.41, 5.74) is 2.56. The van der Waals surface area contributed by atoms with Crippen molar-refractivity contribution >= 4 is 18.2 Å². The molecule has 1 nitrogen and oxygen atoms in total. The van der Waals surface area contributed by atoms with Gasteiger partial charge in [-0.1, -0.05) is 42.5 Å². The molecule has 0 aliphatic heterocycles. The smallest absolute Gasteiger partial charge is 0.116 e. The molecule has 0 unspecified atom stereocenters. The molecule has 3 rings (SSSR count). The van der Waals surface area contributed by atoms with Crippen LogP contribution >= 0.6 is 0 Å². The molecule has 0 amide bonds. The molecule has 1 aromatic carbocycles. The Morgan fingerprint density at radius 1 is 1.00 bits per heavy atom. The van der Waals surface area contributed by atoms with Crippen LogP contribution in [-0.4, -0.2) is 5.11 Å². The highest BCUT2D eigenvalue weighted by molar-refractivity contribution is 5.65. The van der Waals surface area contributed by atoms with Crippen LogP contribution in [0, 0.1) is 0 Å². The molecule has 0 radical (unpaired) electrons. The third-order valence-electron chi connectivity index (χ3n) is 2.99. The topological polar surface area (TPSA) is 20.2 Å². The van der Waals surface area contributed by atoms with Crippen molar-refractivity contribution in [2.75, 3.05) is 0 Å². The largest absolute Gasteiger partial charge is 0.508 e. The number of aliphatic hydroxyl groups excluding tert-OH is 1. The van der Waals surface area contributed by atoms with Crippen LogP contribution in [-0.2, 0) is 6.42 Å². The van der Waals surface area contributed by atoms with Crippen molar-refractivity contribution in [1.29, 1.82) is 0 Å². The summed E-state index contributed by atoms with van der Waals surface area (Å²) in [4.78, 5) is 0. The fraction of sp³-hybridized carbons (Fsp3) is 0.0667. The van der Waals surface area contributed by atoms with Gasteiger partial charge in [0.2, 0.25) is 0 Å². The summed E-state index contributed by atoms with van der Waals surface area (Å²) in [6, 6.07) is 4.17. The van der Waals surface area contributed by atoms with E-state index in [0.717, 1.165) is 11.6 Å². The van der Waals surface area contributed by atoms with Crippen molar-refractivity contribution in [2.45, 2.75) is 6.42 Å². The third-order valence-corrected chi connectivity index (χ3v) is 2.99. The molecule has 0 saturated carbocycles. The first kappa shape index (κ1) is 9.22. The van der Waals surface area contributed by atoms with Crippen molar-refractivity contribution < 1.29 is 5.11 Å². The van der Waals surface area contributed by atoms with Crippen LogP contribution in [0.25, 0.3) is 18.2 Å². The van der Waals surface area contributed by atoms with Gasteiger partial charge in [-0.3, -0.25) is 0 Å². The number of benzene rings is 1. The summed E-state index contributed by atoms with van der Waals surface area (Å²) in [6.07, 6.45) is 14.8. The zero-order chi connectivity index (χ0) is 11.0. The molecule has 0 bridgehead atoms. The SMILES string of the molecule is OC1=CC=Cc2c3c(ccc2=C1)=CC=CC3. The molecule has 2 aliphatic rings. The molecule has 1 N–H and O–H groups in total. The summed E-state index contributed by atoms with van der Waals surface area (Å²) in [6.45, 7) is 0. The Balaban J connectivity index is 2.38. The Morgan fingerprint density at radius 3 is 2.81 bits per heavy atom. The highest BCUT2D eigenvalue weighted by atomic mass is 16.3. The maximum absolute atomic E-state index is 9.57. The number of fused-ring (bicyclic) bond motifs is 3. The first-order valence-corrected chi connectivity index (χ1v) is 5.42. The van der Waals surface area contributed by atoms with Crippen LogP contribution in [0.3, 0.4) is 0 Å². The van der Waals surface area contributed by atoms with Gasteiger partial charge in [0.15, 0.2) is 0 Å². The van der Waals surface area contributed by atoms with Crippen LogP contribution in [0.2, 0.25) is 0 Å². The number of hydrogen-bond donors (Lipinski definition) is 1. The predicted molar refractivity (Wildman–Crippen MR) is 67.2 cm³/mol. The van der Waals surface area contributed by atoms with Gasteiger partial charge in [-0.25, -0.2) is 0 Å². The fourth-order valence-electron chi connectivity index (χ4n) is 2.21. The van der Waals surface area contributed by atoms with Gasteiger partial charge in [0, 0.05) is 0 Å². The normalized spacial score (nSPS) is 16.4. The second-order valence-electron chi connectivity index (χ2n) is 4.03. The zero-order valence-corrected chi connectivity index (χ0v) is 8.85. The lowest BCUT2D eigenvalue weighted by atomic mass is 9.96. The van der Waals surface area contributed by atoms with Crippen molar-refractivity contribution in [3.63, 3.8) is 0 Å². The van der Waals surface area contributed by atoms with Gasteiger partial charge in [0.05, 0.1) is 0 Å². The lowest BCUT2D eigenvalue weighted by Crippen LogP contribution is -2.20. The van der Waals surface area contributed by atoms with Crippen LogP contribution in [0.15, 0.2) is 42.2 Å². The predicted octanol–water partition coefficient (Wildman–Crippen LogP) is 1.83. The van der Waals surface area contributed by atoms with E-state index in [9.17, 15) is 5.11 Å². The first-order chi connectivity index (χ1) is 7.84. The molecular weight excluding hydrogens is 196 g/mol. The maximum Gasteiger partial charge on any atom is 0.116 e. The van der Waals surface area contributed by atoms with E-state index in [4.69, 9.17) is 0 Å². The van der Waals surface area contributed by atoms with Crippen molar-refractivity contribution in [3.05, 3.63) is 63.8 Å². The number of rotatable bonds is 0. The van der Waals surface area contributed by atoms with E-state index in [1.54, 1.807) is 6.08 Å². The summed E-state index contributed by atoms with van der Waals surface area (Å²) in [5, 5.41) is 11.9. The molecule has 0 atom stereocenters. The summed E-state index contributed by atoms with van der Waals surface area (Å²) < 4.78 is 0. The quantitative estimate of drug-likeness (QED) is 0.689. The van der Waals surface area contributed by atoms with E-state index in [1.807, 2.05) is 12.2 Å². The fourth-order valence-corrected chi connectivity index (χ4v) is 2.21. The molecule has 1 heteroatoms. The van der Waals surface area contributed by atoms with Crippen LogP contribution < -0.4 is 10.4 Å². The van der Waals surface area contributed by atoms with Crippen molar-refractivity contribution in [2.24, 2.45) is 0 Å². The number of aliphatic hydroxyl groups is 1. The molecule has 0 saturated heterocycles. The molecule has 0 fully saturated rings. The molecule has 16 heavy (non-hydrogen) atoms. The minimum atomic E-state index is 0.310. The molecule has 2 aliphatic carbocycles. The van der Waals surface area contributed by atoms with Crippen LogP contribution in [0.1, 0.15) is 11.1 Å². The third kappa shape index (κ3) is 1.41. The Labute approximate surface area is 94.1 Å². The van der Waals surface area contributed by atoms with Gasteiger partial charge in [0.25, 0.3) is 0 Å². The van der Waals surface area contributed by atoms with Gasteiger partial charge in [-0.2, -0.15) is 0 Å². The Hall–Kier alpha value is -2.02. The summed E-state index contributed by atoms with van der Waals surface area (Å²) >= 11 is 0. The second-order valence-corrected chi connectivity index (χ2v) is 4.03. The molecule has 0 aromatic heterocycles.